The summed E-state index contributed by atoms with van der Waals surface area (Å²) in [5.74, 6) is 1.88. The van der Waals surface area contributed by atoms with E-state index < -0.39 is 5.60 Å². The van der Waals surface area contributed by atoms with Gasteiger partial charge in [0.2, 0.25) is 11.5 Å². The molecule has 3 rings (SSSR count). The minimum absolute atomic E-state index is 0.172. The molecule has 0 unspecified atom stereocenters. The van der Waals surface area contributed by atoms with E-state index in [1.807, 2.05) is 6.07 Å². The molecule has 7 nitrogen and oxygen atoms in total. The van der Waals surface area contributed by atoms with Gasteiger partial charge in [-0.15, -0.1) is 0 Å². The van der Waals surface area contributed by atoms with Crippen LogP contribution in [0.1, 0.15) is 64.6 Å². The Balaban J connectivity index is 1.74. The molecule has 1 aliphatic heterocycles. The third kappa shape index (κ3) is 4.69. The van der Waals surface area contributed by atoms with Crippen LogP contribution < -0.4 is 9.64 Å². The molecule has 0 amide bonds. The largest absolute Gasteiger partial charge is 0.466 e. The van der Waals surface area contributed by atoms with Crippen molar-refractivity contribution in [1.29, 1.82) is 0 Å². The van der Waals surface area contributed by atoms with Crippen LogP contribution in [0.5, 0.6) is 5.88 Å². The minimum atomic E-state index is -0.865. The van der Waals surface area contributed by atoms with Crippen LogP contribution in [-0.4, -0.2) is 54.4 Å². The number of aromatic nitrogens is 2. The van der Waals surface area contributed by atoms with Gasteiger partial charge in [0.05, 0.1) is 13.2 Å². The van der Waals surface area contributed by atoms with Crippen molar-refractivity contribution in [2.45, 2.75) is 70.5 Å². The average Bonchev–Trinajstić information content (AvgIpc) is 3.46. The zero-order chi connectivity index (χ0) is 19.4. The summed E-state index contributed by atoms with van der Waals surface area (Å²) in [5.41, 5.74) is -0.865. The quantitative estimate of drug-likeness (QED) is 0.645. The van der Waals surface area contributed by atoms with Gasteiger partial charge >= 0.3 is 5.97 Å². The molecule has 2 aliphatic rings. The van der Waals surface area contributed by atoms with E-state index in [0.29, 0.717) is 24.8 Å². The van der Waals surface area contributed by atoms with Crippen LogP contribution >= 0.6 is 0 Å². The summed E-state index contributed by atoms with van der Waals surface area (Å²) < 4.78 is 16.8. The zero-order valence-electron chi connectivity index (χ0n) is 16.9. The minimum Gasteiger partial charge on any atom is -0.466 e. The second-order valence-electron chi connectivity index (χ2n) is 7.72. The molecule has 1 aromatic rings. The van der Waals surface area contributed by atoms with E-state index in [2.05, 4.69) is 30.7 Å². The van der Waals surface area contributed by atoms with Crippen LogP contribution in [0.4, 0.5) is 5.82 Å². The predicted octanol–water partition coefficient (Wildman–Crippen LogP) is 3.08. The van der Waals surface area contributed by atoms with Gasteiger partial charge in [-0.25, -0.2) is 9.78 Å². The summed E-state index contributed by atoms with van der Waals surface area (Å²) >= 11 is 0. The number of piperidine rings is 1. The number of rotatable bonds is 8. The monoisotopic (exact) mass is 377 g/mol. The first-order valence-electron chi connectivity index (χ1n) is 10.0. The van der Waals surface area contributed by atoms with Gasteiger partial charge in [-0.05, 0) is 19.3 Å². The van der Waals surface area contributed by atoms with Crippen molar-refractivity contribution < 1.29 is 19.0 Å². The first kappa shape index (κ1) is 19.9. The fourth-order valence-electron chi connectivity index (χ4n) is 3.29. The van der Waals surface area contributed by atoms with Gasteiger partial charge in [-0.3, -0.25) is 0 Å². The number of hydrogen-bond acceptors (Lipinski definition) is 7. The normalized spacial score (nSPS) is 19.2. The molecule has 2 heterocycles. The fourth-order valence-corrected chi connectivity index (χ4v) is 3.29. The van der Waals surface area contributed by atoms with E-state index >= 15 is 0 Å². The van der Waals surface area contributed by atoms with Gasteiger partial charge in [0.1, 0.15) is 11.6 Å². The molecule has 27 heavy (non-hydrogen) atoms. The number of methoxy groups -OCH3 is 1. The third-order valence-electron chi connectivity index (χ3n) is 5.11. The van der Waals surface area contributed by atoms with Gasteiger partial charge in [0.25, 0.3) is 0 Å². The summed E-state index contributed by atoms with van der Waals surface area (Å²) in [4.78, 5) is 23.5. The van der Waals surface area contributed by atoms with Gasteiger partial charge < -0.3 is 19.1 Å². The second-order valence-corrected chi connectivity index (χ2v) is 7.72. The standard InChI is InChI=1S/C20H31N3O4/c1-5-12-26-15-6-10-23(11-7-15)16-13-17(22-18(21-16)14(2)3)27-20(8-9-20)19(24)25-4/h13-15H,5-12H2,1-4H3. The molecular weight excluding hydrogens is 346 g/mol. The molecule has 1 saturated heterocycles. The molecular formula is C20H31N3O4. The Morgan fingerprint density at radius 1 is 1.30 bits per heavy atom. The molecule has 2 fully saturated rings. The van der Waals surface area contributed by atoms with E-state index in [0.717, 1.165) is 50.6 Å². The average molecular weight is 377 g/mol. The smallest absolute Gasteiger partial charge is 0.350 e. The van der Waals surface area contributed by atoms with Gasteiger partial charge in [-0.2, -0.15) is 4.98 Å². The molecule has 1 saturated carbocycles. The number of ether oxygens (including phenoxy) is 3. The Bertz CT molecular complexity index is 653. The summed E-state index contributed by atoms with van der Waals surface area (Å²) in [6, 6.07) is 1.85. The summed E-state index contributed by atoms with van der Waals surface area (Å²) in [6.07, 6.45) is 4.68. The molecule has 1 aromatic heterocycles. The van der Waals surface area contributed by atoms with Crippen molar-refractivity contribution in [3.05, 3.63) is 11.9 Å². The molecule has 0 spiro atoms. The van der Waals surface area contributed by atoms with Crippen LogP contribution in [0, 0.1) is 0 Å². The lowest BCUT2D eigenvalue weighted by molar-refractivity contribution is -0.151. The van der Waals surface area contributed by atoms with Crippen LogP contribution in [0.15, 0.2) is 6.07 Å². The highest BCUT2D eigenvalue weighted by Crippen LogP contribution is 2.41. The van der Waals surface area contributed by atoms with Gasteiger partial charge in [0, 0.05) is 44.5 Å². The first-order valence-corrected chi connectivity index (χ1v) is 10.0. The van der Waals surface area contributed by atoms with Crippen LogP contribution in [0.3, 0.4) is 0 Å². The number of carbonyl (C=O) groups is 1. The highest BCUT2D eigenvalue weighted by Gasteiger charge is 2.54. The van der Waals surface area contributed by atoms with Crippen molar-refractivity contribution in [1.82, 2.24) is 9.97 Å². The highest BCUT2D eigenvalue weighted by atomic mass is 16.6. The molecule has 0 N–H and O–H groups in total. The maximum atomic E-state index is 12.0. The summed E-state index contributed by atoms with van der Waals surface area (Å²) in [6.45, 7) is 8.85. The Kier molecular flexibility index (Phi) is 6.19. The number of carbonyl (C=O) groups excluding carboxylic acids is 1. The van der Waals surface area contributed by atoms with E-state index in [-0.39, 0.29) is 11.9 Å². The van der Waals surface area contributed by atoms with Gasteiger partial charge in [0.15, 0.2) is 0 Å². The third-order valence-corrected chi connectivity index (χ3v) is 5.11. The zero-order valence-corrected chi connectivity index (χ0v) is 16.9. The Hall–Kier alpha value is -1.89. The maximum absolute atomic E-state index is 12.0. The second kappa shape index (κ2) is 8.42. The lowest BCUT2D eigenvalue weighted by Gasteiger charge is -2.33. The summed E-state index contributed by atoms with van der Waals surface area (Å²) in [7, 11) is 1.39. The van der Waals surface area contributed by atoms with Crippen molar-refractivity contribution in [2.75, 3.05) is 31.7 Å². The van der Waals surface area contributed by atoms with E-state index in [1.165, 1.54) is 7.11 Å². The Labute approximate surface area is 161 Å². The maximum Gasteiger partial charge on any atom is 0.350 e. The predicted molar refractivity (Wildman–Crippen MR) is 102 cm³/mol. The van der Waals surface area contributed by atoms with E-state index in [9.17, 15) is 4.79 Å². The number of anilines is 1. The lowest BCUT2D eigenvalue weighted by atomic mass is 10.1. The lowest BCUT2D eigenvalue weighted by Crippen LogP contribution is -2.38. The Morgan fingerprint density at radius 2 is 2.00 bits per heavy atom. The number of hydrogen-bond donors (Lipinski definition) is 0. The van der Waals surface area contributed by atoms with Crippen LogP contribution in [-0.2, 0) is 14.3 Å². The highest BCUT2D eigenvalue weighted by molar-refractivity contribution is 5.83. The first-order chi connectivity index (χ1) is 13.0. The van der Waals surface area contributed by atoms with Crippen molar-refractivity contribution >= 4 is 11.8 Å². The van der Waals surface area contributed by atoms with E-state index in [4.69, 9.17) is 19.2 Å². The summed E-state index contributed by atoms with van der Waals surface area (Å²) in [5, 5.41) is 0. The SMILES string of the molecule is CCCOC1CCN(c2cc(OC3(C(=O)OC)CC3)nc(C(C)C)n2)CC1. The van der Waals surface area contributed by atoms with Crippen LogP contribution in [0.25, 0.3) is 0 Å². The molecule has 0 atom stereocenters. The fraction of sp³-hybridized carbons (Fsp3) is 0.750. The Morgan fingerprint density at radius 3 is 2.56 bits per heavy atom. The molecule has 0 bridgehead atoms. The molecule has 0 aromatic carbocycles. The van der Waals surface area contributed by atoms with E-state index in [1.54, 1.807) is 0 Å². The van der Waals surface area contributed by atoms with Gasteiger partial charge in [-0.1, -0.05) is 20.8 Å². The molecule has 0 radical (unpaired) electrons. The van der Waals surface area contributed by atoms with Crippen molar-refractivity contribution in [3.8, 4) is 5.88 Å². The molecule has 7 heteroatoms. The number of esters is 1. The molecule has 1 aliphatic carbocycles. The molecule has 150 valence electrons. The van der Waals surface area contributed by atoms with Crippen molar-refractivity contribution in [3.63, 3.8) is 0 Å². The topological polar surface area (TPSA) is 73.8 Å². The van der Waals surface area contributed by atoms with Crippen molar-refractivity contribution in [2.24, 2.45) is 0 Å². The van der Waals surface area contributed by atoms with Crippen LogP contribution in [0.2, 0.25) is 0 Å². The number of nitrogens with zero attached hydrogens (tertiary/aromatic N) is 3.